The number of ether oxygens (including phenoxy) is 1. The highest BCUT2D eigenvalue weighted by Gasteiger charge is 2.28. The zero-order valence-electron chi connectivity index (χ0n) is 21.5. The fraction of sp³-hybridized carbons (Fsp3) is 0.370. The topological polar surface area (TPSA) is 191 Å². The highest BCUT2D eigenvalue weighted by molar-refractivity contribution is 5.96. The maximum Gasteiger partial charge on any atom is 0.356 e. The number of carboxylic acid groups (broad SMARTS) is 3. The third kappa shape index (κ3) is 10.7. The van der Waals surface area contributed by atoms with E-state index in [1.165, 1.54) is 24.3 Å². The van der Waals surface area contributed by atoms with Gasteiger partial charge in [-0.1, -0.05) is 62.2 Å². The number of carbonyl (C=O) groups excluding carboxylic acids is 2. The number of rotatable bonds is 16. The summed E-state index contributed by atoms with van der Waals surface area (Å²) in [5, 5.41) is 35.2. The van der Waals surface area contributed by atoms with Gasteiger partial charge in [-0.15, -0.1) is 0 Å². The number of unbranched alkanes of at least 4 members (excludes halogenated alkanes) is 2. The van der Waals surface area contributed by atoms with Crippen molar-refractivity contribution in [1.29, 1.82) is 0 Å². The molecule has 0 spiro atoms. The summed E-state index contributed by atoms with van der Waals surface area (Å²) >= 11 is 0. The molecule has 210 valence electrons. The maximum absolute atomic E-state index is 12.9. The fourth-order valence-electron chi connectivity index (χ4n) is 3.61. The van der Waals surface area contributed by atoms with Crippen LogP contribution >= 0.6 is 0 Å². The van der Waals surface area contributed by atoms with Gasteiger partial charge >= 0.3 is 23.9 Å². The van der Waals surface area contributed by atoms with Crippen LogP contribution in [0.15, 0.2) is 54.6 Å². The van der Waals surface area contributed by atoms with Crippen molar-refractivity contribution < 1.29 is 44.0 Å². The molecule has 2 aromatic rings. The Morgan fingerprint density at radius 3 is 1.87 bits per heavy atom. The molecule has 0 fully saturated rings. The van der Waals surface area contributed by atoms with Gasteiger partial charge in [-0.25, -0.2) is 19.2 Å². The molecule has 2 rings (SSSR count). The minimum atomic E-state index is -2.08. The van der Waals surface area contributed by atoms with Gasteiger partial charge in [-0.2, -0.15) is 0 Å². The lowest BCUT2D eigenvalue weighted by Crippen LogP contribution is -2.54. The predicted molar refractivity (Wildman–Crippen MR) is 139 cm³/mol. The summed E-state index contributed by atoms with van der Waals surface area (Å²) in [4.78, 5) is 59.5. The van der Waals surface area contributed by atoms with Gasteiger partial charge in [0.1, 0.15) is 17.8 Å². The average molecular weight is 544 g/mol. The standard InChI is InChI=1S/C27H33N3O9/c1-2-3-7-14-28-23(31)20(15-18-10-12-19(13-11-18)39-22(25(34)35)26(36)37)29-27(38)30-21(24(32)33)16-17-8-5-4-6-9-17/h4-6,8-13,20-22H,2-3,7,14-16H2,1H3,(H,28,31)(H,32,33)(H,34,35)(H,36,37)(H2,29,30,38)/t20-,21-/m1/s1. The van der Waals surface area contributed by atoms with E-state index in [4.69, 9.17) is 14.9 Å². The van der Waals surface area contributed by atoms with Crippen LogP contribution in [0, 0.1) is 0 Å². The van der Waals surface area contributed by atoms with Gasteiger partial charge in [0.2, 0.25) is 5.91 Å². The highest BCUT2D eigenvalue weighted by Crippen LogP contribution is 2.16. The van der Waals surface area contributed by atoms with E-state index < -0.39 is 48.0 Å². The Hall–Kier alpha value is -4.61. The van der Waals surface area contributed by atoms with Crippen LogP contribution in [0.25, 0.3) is 0 Å². The smallest absolute Gasteiger partial charge is 0.356 e. The van der Waals surface area contributed by atoms with E-state index in [0.717, 1.165) is 19.3 Å². The molecule has 12 nitrogen and oxygen atoms in total. The van der Waals surface area contributed by atoms with Gasteiger partial charge in [0, 0.05) is 19.4 Å². The van der Waals surface area contributed by atoms with Gasteiger partial charge in [-0.3, -0.25) is 4.79 Å². The highest BCUT2D eigenvalue weighted by atomic mass is 16.5. The Labute approximate surface area is 225 Å². The number of hydrogen-bond acceptors (Lipinski definition) is 6. The van der Waals surface area contributed by atoms with Crippen LogP contribution < -0.4 is 20.7 Å². The van der Waals surface area contributed by atoms with Crippen molar-refractivity contribution in [3.8, 4) is 5.75 Å². The first-order valence-electron chi connectivity index (χ1n) is 12.4. The van der Waals surface area contributed by atoms with Gasteiger partial charge in [0.05, 0.1) is 0 Å². The number of amides is 3. The molecule has 0 heterocycles. The van der Waals surface area contributed by atoms with Crippen molar-refractivity contribution in [2.45, 2.75) is 57.2 Å². The molecule has 0 aromatic heterocycles. The fourth-order valence-corrected chi connectivity index (χ4v) is 3.61. The third-order valence-electron chi connectivity index (χ3n) is 5.65. The molecule has 0 saturated heterocycles. The van der Waals surface area contributed by atoms with Crippen LogP contribution in [0.4, 0.5) is 4.79 Å². The van der Waals surface area contributed by atoms with Crippen LogP contribution in [0.3, 0.4) is 0 Å². The molecular formula is C27H33N3O9. The summed E-state index contributed by atoms with van der Waals surface area (Å²) in [6, 6.07) is 11.4. The molecule has 3 amide bonds. The van der Waals surface area contributed by atoms with Gasteiger partial charge in [-0.05, 0) is 29.7 Å². The molecule has 0 aliphatic rings. The molecule has 0 radical (unpaired) electrons. The maximum atomic E-state index is 12.9. The number of aliphatic carboxylic acids is 3. The van der Waals surface area contributed by atoms with Crippen LogP contribution in [0.5, 0.6) is 5.75 Å². The SMILES string of the molecule is CCCCCNC(=O)[C@@H](Cc1ccc(OC(C(=O)O)C(=O)O)cc1)NC(=O)N[C@H](Cc1ccccc1)C(=O)O. The second kappa shape index (κ2) is 15.6. The van der Waals surface area contributed by atoms with Gasteiger partial charge in [0.15, 0.2) is 0 Å². The van der Waals surface area contributed by atoms with Crippen molar-refractivity contribution in [3.05, 3.63) is 65.7 Å². The number of urea groups is 1. The van der Waals surface area contributed by atoms with Crippen LogP contribution in [0.1, 0.15) is 37.3 Å². The van der Waals surface area contributed by atoms with Crippen molar-refractivity contribution in [2.75, 3.05) is 6.54 Å². The van der Waals surface area contributed by atoms with Crippen molar-refractivity contribution in [3.63, 3.8) is 0 Å². The molecule has 0 aliphatic heterocycles. The molecule has 2 atom stereocenters. The minimum Gasteiger partial charge on any atom is -0.480 e. The second-order valence-corrected chi connectivity index (χ2v) is 8.77. The van der Waals surface area contributed by atoms with Crippen molar-refractivity contribution in [2.24, 2.45) is 0 Å². The van der Waals surface area contributed by atoms with E-state index in [9.17, 15) is 29.1 Å². The van der Waals surface area contributed by atoms with Crippen molar-refractivity contribution >= 4 is 29.8 Å². The Morgan fingerprint density at radius 1 is 0.744 bits per heavy atom. The zero-order chi connectivity index (χ0) is 28.8. The minimum absolute atomic E-state index is 0.00923. The first kappa shape index (κ1) is 30.6. The summed E-state index contributed by atoms with van der Waals surface area (Å²) in [7, 11) is 0. The van der Waals surface area contributed by atoms with E-state index in [-0.39, 0.29) is 18.6 Å². The normalized spacial score (nSPS) is 12.2. The first-order chi connectivity index (χ1) is 18.6. The summed E-state index contributed by atoms with van der Waals surface area (Å²) in [5.74, 6) is -5.02. The van der Waals surface area contributed by atoms with Crippen LogP contribution in [0.2, 0.25) is 0 Å². The predicted octanol–water partition coefficient (Wildman–Crippen LogP) is 1.82. The Balaban J connectivity index is 2.11. The Bertz CT molecular complexity index is 1110. The molecule has 0 aliphatic carbocycles. The summed E-state index contributed by atoms with van der Waals surface area (Å²) in [6.45, 7) is 2.42. The Kier molecular flexibility index (Phi) is 12.2. The van der Waals surface area contributed by atoms with E-state index in [2.05, 4.69) is 16.0 Å². The number of benzene rings is 2. The van der Waals surface area contributed by atoms with Crippen LogP contribution in [-0.2, 0) is 32.0 Å². The molecule has 12 heteroatoms. The van der Waals surface area contributed by atoms with Gasteiger partial charge < -0.3 is 36.0 Å². The quantitative estimate of drug-likeness (QED) is 0.135. The number of nitrogens with one attached hydrogen (secondary N) is 3. The molecule has 0 unspecified atom stereocenters. The molecule has 0 saturated carbocycles. The zero-order valence-corrected chi connectivity index (χ0v) is 21.5. The van der Waals surface area contributed by atoms with Gasteiger partial charge in [0.25, 0.3) is 6.10 Å². The number of carbonyl (C=O) groups is 5. The third-order valence-corrected chi connectivity index (χ3v) is 5.65. The summed E-state index contributed by atoms with van der Waals surface area (Å²) in [5.41, 5.74) is 1.27. The lowest BCUT2D eigenvalue weighted by atomic mass is 10.0. The Morgan fingerprint density at radius 2 is 1.31 bits per heavy atom. The largest absolute Gasteiger partial charge is 0.480 e. The molecular weight excluding hydrogens is 510 g/mol. The second-order valence-electron chi connectivity index (χ2n) is 8.77. The van der Waals surface area contributed by atoms with E-state index in [1.807, 2.05) is 6.92 Å². The number of carboxylic acids is 3. The lowest BCUT2D eigenvalue weighted by Gasteiger charge is -2.21. The first-order valence-corrected chi connectivity index (χ1v) is 12.4. The lowest BCUT2D eigenvalue weighted by molar-refractivity contribution is -0.159. The number of hydrogen-bond donors (Lipinski definition) is 6. The average Bonchev–Trinajstić information content (AvgIpc) is 2.90. The van der Waals surface area contributed by atoms with E-state index in [0.29, 0.717) is 17.7 Å². The van der Waals surface area contributed by atoms with E-state index >= 15 is 0 Å². The monoisotopic (exact) mass is 543 g/mol. The van der Waals surface area contributed by atoms with E-state index in [1.54, 1.807) is 30.3 Å². The van der Waals surface area contributed by atoms with Crippen LogP contribution in [-0.4, -0.2) is 69.9 Å². The summed E-state index contributed by atoms with van der Waals surface area (Å²) in [6.07, 6.45) is 0.600. The summed E-state index contributed by atoms with van der Waals surface area (Å²) < 4.78 is 4.99. The molecule has 6 N–H and O–H groups in total. The molecule has 39 heavy (non-hydrogen) atoms. The van der Waals surface area contributed by atoms with Crippen molar-refractivity contribution in [1.82, 2.24) is 16.0 Å². The molecule has 2 aromatic carbocycles. The molecule has 0 bridgehead atoms.